The van der Waals surface area contributed by atoms with Crippen LogP contribution in [0, 0.1) is 0 Å². The first-order chi connectivity index (χ1) is 13.0. The zero-order chi connectivity index (χ0) is 19.0. The van der Waals surface area contributed by atoms with Gasteiger partial charge in [-0.05, 0) is 29.8 Å². The van der Waals surface area contributed by atoms with Gasteiger partial charge < -0.3 is 4.98 Å². The lowest BCUT2D eigenvalue weighted by molar-refractivity contribution is 0.594. The summed E-state index contributed by atoms with van der Waals surface area (Å²) in [5, 5.41) is 5.58. The van der Waals surface area contributed by atoms with Crippen LogP contribution in [0.25, 0.3) is 21.6 Å². The van der Waals surface area contributed by atoms with Crippen molar-refractivity contribution in [2.24, 2.45) is 0 Å². The van der Waals surface area contributed by atoms with E-state index in [1.165, 1.54) is 15.6 Å². The topological polar surface area (TPSA) is 66.1 Å². The Morgan fingerprint density at radius 2 is 2.07 bits per heavy atom. The van der Waals surface area contributed by atoms with Crippen LogP contribution in [-0.2, 0) is 15.8 Å². The summed E-state index contributed by atoms with van der Waals surface area (Å²) in [6.07, 6.45) is 3.73. The minimum Gasteiger partial charge on any atom is -0.351 e. The Bertz CT molecular complexity index is 1180. The maximum Gasteiger partial charge on any atom is 0.265 e. The monoisotopic (exact) mass is 435 g/mol. The largest absolute Gasteiger partial charge is 0.351 e. The highest BCUT2D eigenvalue weighted by molar-refractivity contribution is 7.98. The molecule has 27 heavy (non-hydrogen) atoms. The average Bonchev–Trinajstić information content (AvgIpc) is 3.39. The Hall–Kier alpha value is -1.81. The maximum atomic E-state index is 13.3. The Labute approximate surface area is 170 Å². The first-order valence-electron chi connectivity index (χ1n) is 8.08. The quantitative estimate of drug-likeness (QED) is 0.461. The molecule has 0 bridgehead atoms. The van der Waals surface area contributed by atoms with E-state index < -0.39 is 10.0 Å². The average molecular weight is 436 g/mol. The number of aromatic amines is 1. The minimum absolute atomic E-state index is 0.382. The molecule has 5 nitrogen and oxygen atoms in total. The molecule has 3 heterocycles. The van der Waals surface area contributed by atoms with Gasteiger partial charge in [0.1, 0.15) is 9.90 Å². The number of thioether (sulfide) groups is 1. The fraction of sp³-hybridized carbons (Fsp3) is 0.167. The number of hydrogen-bond acceptors (Lipinski definition) is 6. The van der Waals surface area contributed by atoms with Crippen LogP contribution in [0.1, 0.15) is 4.88 Å². The summed E-state index contributed by atoms with van der Waals surface area (Å²) in [5.74, 6) is 0.682. The zero-order valence-corrected chi connectivity index (χ0v) is 17.9. The first-order valence-corrected chi connectivity index (χ1v) is 12.7. The number of nitrogens with one attached hydrogen (secondary N) is 1. The van der Waals surface area contributed by atoms with Gasteiger partial charge in [0.15, 0.2) is 0 Å². The van der Waals surface area contributed by atoms with Gasteiger partial charge in [-0.3, -0.25) is 4.31 Å². The van der Waals surface area contributed by atoms with Gasteiger partial charge in [-0.25, -0.2) is 13.4 Å². The number of para-hydroxylation sites is 1. The molecule has 0 radical (unpaired) electrons. The SMILES string of the molecule is CSCc1sccc1S(=O)(=O)N(C)c1cccc2cc(-c3nccs3)[nH]c12. The summed E-state index contributed by atoms with van der Waals surface area (Å²) in [7, 11) is -2.03. The number of H-pyrrole nitrogens is 1. The highest BCUT2D eigenvalue weighted by Gasteiger charge is 2.26. The molecule has 1 aromatic carbocycles. The van der Waals surface area contributed by atoms with Crippen LogP contribution in [0.4, 0.5) is 5.69 Å². The Morgan fingerprint density at radius 1 is 1.22 bits per heavy atom. The summed E-state index contributed by atoms with van der Waals surface area (Å²) in [6, 6.07) is 9.36. The van der Waals surface area contributed by atoms with Crippen LogP contribution >= 0.6 is 34.4 Å². The van der Waals surface area contributed by atoms with Crippen molar-refractivity contribution in [3.63, 3.8) is 0 Å². The second-order valence-electron chi connectivity index (χ2n) is 5.88. The van der Waals surface area contributed by atoms with E-state index in [9.17, 15) is 8.42 Å². The van der Waals surface area contributed by atoms with Crippen molar-refractivity contribution >= 4 is 61.0 Å². The molecule has 4 rings (SSSR count). The van der Waals surface area contributed by atoms with Gasteiger partial charge in [-0.15, -0.1) is 22.7 Å². The van der Waals surface area contributed by atoms with Crippen LogP contribution < -0.4 is 4.31 Å². The van der Waals surface area contributed by atoms with Crippen molar-refractivity contribution in [1.82, 2.24) is 9.97 Å². The molecule has 0 amide bonds. The number of thiophene rings is 1. The van der Waals surface area contributed by atoms with Gasteiger partial charge in [0.2, 0.25) is 0 Å². The summed E-state index contributed by atoms with van der Waals surface area (Å²) in [6.45, 7) is 0. The number of aromatic nitrogens is 2. The summed E-state index contributed by atoms with van der Waals surface area (Å²) in [4.78, 5) is 8.93. The predicted molar refractivity (Wildman–Crippen MR) is 117 cm³/mol. The van der Waals surface area contributed by atoms with E-state index >= 15 is 0 Å². The molecule has 9 heteroatoms. The molecule has 0 saturated carbocycles. The molecule has 1 N–H and O–H groups in total. The number of thiazole rings is 1. The van der Waals surface area contributed by atoms with E-state index in [1.807, 2.05) is 41.3 Å². The fourth-order valence-corrected chi connectivity index (χ4v) is 7.10. The second kappa shape index (κ2) is 7.31. The van der Waals surface area contributed by atoms with Crippen molar-refractivity contribution in [1.29, 1.82) is 0 Å². The minimum atomic E-state index is -3.64. The van der Waals surface area contributed by atoms with Crippen molar-refractivity contribution in [2.45, 2.75) is 10.6 Å². The lowest BCUT2D eigenvalue weighted by Gasteiger charge is -2.20. The Kier molecular flexibility index (Phi) is 5.02. The number of hydrogen-bond donors (Lipinski definition) is 1. The lowest BCUT2D eigenvalue weighted by Crippen LogP contribution is -2.27. The van der Waals surface area contributed by atoms with E-state index in [2.05, 4.69) is 9.97 Å². The van der Waals surface area contributed by atoms with E-state index in [0.717, 1.165) is 26.5 Å². The second-order valence-corrected chi connectivity index (χ2v) is 10.6. The van der Waals surface area contributed by atoms with Crippen LogP contribution in [0.2, 0.25) is 0 Å². The number of sulfonamides is 1. The van der Waals surface area contributed by atoms with Crippen LogP contribution in [0.5, 0.6) is 0 Å². The summed E-state index contributed by atoms with van der Waals surface area (Å²) < 4.78 is 27.9. The zero-order valence-electron chi connectivity index (χ0n) is 14.7. The molecule has 0 saturated heterocycles. The predicted octanol–water partition coefficient (Wildman–Crippen LogP) is 5.04. The van der Waals surface area contributed by atoms with Crippen LogP contribution in [-0.4, -0.2) is 31.7 Å². The van der Waals surface area contributed by atoms with Gasteiger partial charge in [0.25, 0.3) is 10.0 Å². The number of rotatable bonds is 6. The molecule has 0 aliphatic heterocycles. The van der Waals surface area contributed by atoms with Crippen molar-refractivity contribution in [3.8, 4) is 10.7 Å². The summed E-state index contributed by atoms with van der Waals surface area (Å²) >= 11 is 4.64. The maximum absolute atomic E-state index is 13.3. The Morgan fingerprint density at radius 3 is 2.81 bits per heavy atom. The highest BCUT2D eigenvalue weighted by atomic mass is 32.2. The third-order valence-corrected chi connectivity index (χ3v) is 8.73. The van der Waals surface area contributed by atoms with Crippen molar-refractivity contribution < 1.29 is 8.42 Å². The van der Waals surface area contributed by atoms with Gasteiger partial charge in [-0.1, -0.05) is 12.1 Å². The van der Waals surface area contributed by atoms with E-state index in [0.29, 0.717) is 16.3 Å². The molecular weight excluding hydrogens is 418 g/mol. The molecule has 3 aromatic heterocycles. The third kappa shape index (κ3) is 3.29. The normalized spacial score (nSPS) is 11.9. The molecular formula is C18H17N3O2S4. The van der Waals surface area contributed by atoms with Gasteiger partial charge >= 0.3 is 0 Å². The molecule has 0 aliphatic carbocycles. The molecule has 0 spiro atoms. The molecule has 0 unspecified atom stereocenters. The summed E-state index contributed by atoms with van der Waals surface area (Å²) in [5.41, 5.74) is 2.30. The first kappa shape index (κ1) is 18.5. The van der Waals surface area contributed by atoms with Crippen molar-refractivity contribution in [3.05, 3.63) is 52.2 Å². The number of anilines is 1. The van der Waals surface area contributed by atoms with E-state index in [4.69, 9.17) is 0 Å². The molecule has 0 atom stereocenters. The number of fused-ring (bicyclic) bond motifs is 1. The third-order valence-electron chi connectivity index (χ3n) is 4.25. The molecule has 4 aromatic rings. The van der Waals surface area contributed by atoms with Crippen LogP contribution in [0.3, 0.4) is 0 Å². The molecule has 0 fully saturated rings. The number of benzene rings is 1. The van der Waals surface area contributed by atoms with Crippen LogP contribution in [0.15, 0.2) is 52.2 Å². The Balaban J connectivity index is 1.80. The van der Waals surface area contributed by atoms with Crippen molar-refractivity contribution in [2.75, 3.05) is 17.6 Å². The van der Waals surface area contributed by atoms with Gasteiger partial charge in [0, 0.05) is 34.6 Å². The van der Waals surface area contributed by atoms with E-state index in [-0.39, 0.29) is 0 Å². The lowest BCUT2D eigenvalue weighted by atomic mass is 10.2. The smallest absolute Gasteiger partial charge is 0.265 e. The fourth-order valence-electron chi connectivity index (χ4n) is 2.95. The molecule has 140 valence electrons. The van der Waals surface area contributed by atoms with E-state index in [1.54, 1.807) is 42.4 Å². The molecule has 0 aliphatic rings. The van der Waals surface area contributed by atoms with Gasteiger partial charge in [0.05, 0.1) is 16.9 Å². The standard InChI is InChI=1S/C18H17N3O2S4/c1-21(27(22,23)16-6-8-25-15(16)11-24-2)14-5-3-4-12-10-13(20-17(12)14)18-19-7-9-26-18/h3-10,20H,11H2,1-2H3. The number of nitrogens with zero attached hydrogens (tertiary/aromatic N) is 2. The van der Waals surface area contributed by atoms with Gasteiger partial charge in [-0.2, -0.15) is 11.8 Å². The highest BCUT2D eigenvalue weighted by Crippen LogP contribution is 2.35.